The molecule has 0 saturated heterocycles. The molecule has 5 nitrogen and oxygen atoms in total. The summed E-state index contributed by atoms with van der Waals surface area (Å²) in [5, 5.41) is 3.99. The highest BCUT2D eigenvalue weighted by molar-refractivity contribution is 9.11. The third-order valence-electron chi connectivity index (χ3n) is 3.38. The maximum atomic E-state index is 11.9. The summed E-state index contributed by atoms with van der Waals surface area (Å²) in [4.78, 5) is 11.9. The minimum atomic E-state index is -0.424. The van der Waals surface area contributed by atoms with E-state index in [4.69, 9.17) is 9.15 Å². The summed E-state index contributed by atoms with van der Waals surface area (Å²) in [5.74, 6) is 0.401. The molecule has 3 aromatic rings. The molecular weight excluding hydrogens is 464 g/mol. The first-order valence-corrected chi connectivity index (χ1v) is 9.25. The second-order valence-corrected chi connectivity index (χ2v) is 7.03. The van der Waals surface area contributed by atoms with Gasteiger partial charge in [-0.3, -0.25) is 4.79 Å². The Bertz CT molecular complexity index is 910. The lowest BCUT2D eigenvalue weighted by Crippen LogP contribution is -2.16. The number of hydrazone groups is 1. The number of hydrogen-bond donors (Lipinski definition) is 1. The lowest BCUT2D eigenvalue weighted by Gasteiger charge is -2.12. The monoisotopic (exact) mass is 476 g/mol. The summed E-state index contributed by atoms with van der Waals surface area (Å²) < 4.78 is 12.6. The highest BCUT2D eigenvalue weighted by Gasteiger charge is 2.10. The molecule has 0 bridgehead atoms. The zero-order valence-electron chi connectivity index (χ0n) is 13.5. The van der Waals surface area contributed by atoms with Crippen LogP contribution in [0.15, 0.2) is 79.3 Å². The lowest BCUT2D eigenvalue weighted by atomic mass is 10.2. The Morgan fingerprint density at radius 3 is 2.69 bits per heavy atom. The summed E-state index contributed by atoms with van der Waals surface area (Å²) in [6.45, 7) is 0.417. The Morgan fingerprint density at radius 2 is 1.96 bits per heavy atom. The summed E-state index contributed by atoms with van der Waals surface area (Å²) in [6, 6.07) is 16.8. The molecule has 132 valence electrons. The third-order valence-corrected chi connectivity index (χ3v) is 4.42. The number of hydrogen-bond acceptors (Lipinski definition) is 4. The fourth-order valence-corrected chi connectivity index (χ4v) is 3.55. The van der Waals surface area contributed by atoms with Crippen LogP contribution >= 0.6 is 31.9 Å². The third kappa shape index (κ3) is 4.83. The molecule has 2 aromatic carbocycles. The second-order valence-electron chi connectivity index (χ2n) is 5.26. The van der Waals surface area contributed by atoms with Crippen molar-refractivity contribution in [1.29, 1.82) is 0 Å². The number of benzene rings is 2. The Balaban J connectivity index is 1.75. The van der Waals surface area contributed by atoms with Gasteiger partial charge in [-0.25, -0.2) is 5.43 Å². The van der Waals surface area contributed by atoms with E-state index in [9.17, 15) is 4.79 Å². The van der Waals surface area contributed by atoms with Crippen LogP contribution in [0.3, 0.4) is 0 Å². The van der Waals surface area contributed by atoms with Gasteiger partial charge in [0.25, 0.3) is 0 Å². The molecule has 3 rings (SSSR count). The smallest absolute Gasteiger partial charge is 0.307 e. The Labute approximate surface area is 167 Å². The highest BCUT2D eigenvalue weighted by Crippen LogP contribution is 2.32. The van der Waals surface area contributed by atoms with Crippen molar-refractivity contribution in [3.05, 3.63) is 86.7 Å². The highest BCUT2D eigenvalue weighted by atomic mass is 79.9. The van der Waals surface area contributed by atoms with E-state index in [0.717, 1.165) is 14.5 Å². The zero-order chi connectivity index (χ0) is 18.4. The van der Waals surface area contributed by atoms with Gasteiger partial charge in [-0.05, 0) is 45.8 Å². The van der Waals surface area contributed by atoms with Gasteiger partial charge in [0, 0.05) is 10.0 Å². The van der Waals surface area contributed by atoms with Crippen molar-refractivity contribution in [2.45, 2.75) is 6.61 Å². The Morgan fingerprint density at radius 1 is 1.15 bits per heavy atom. The first-order valence-electron chi connectivity index (χ1n) is 7.66. The average molecular weight is 478 g/mol. The minimum Gasteiger partial charge on any atom is -0.487 e. The number of halogens is 2. The van der Waals surface area contributed by atoms with E-state index in [2.05, 4.69) is 42.4 Å². The number of carbonyl (C=O) groups excluding carboxylic acids is 1. The lowest BCUT2D eigenvalue weighted by molar-refractivity contribution is 0.0927. The summed E-state index contributed by atoms with van der Waals surface area (Å²) in [5.41, 5.74) is 4.19. The van der Waals surface area contributed by atoms with Crippen molar-refractivity contribution >= 4 is 44.0 Å². The minimum absolute atomic E-state index is 0.193. The summed E-state index contributed by atoms with van der Waals surface area (Å²) in [7, 11) is 0. The van der Waals surface area contributed by atoms with Crippen LogP contribution in [-0.2, 0) is 6.61 Å². The molecule has 7 heteroatoms. The predicted octanol–water partition coefficient (Wildman–Crippen LogP) is 5.15. The fraction of sp³-hybridized carbons (Fsp3) is 0.0526. The fourth-order valence-electron chi connectivity index (χ4n) is 2.18. The topological polar surface area (TPSA) is 63.8 Å². The summed E-state index contributed by atoms with van der Waals surface area (Å²) >= 11 is 6.95. The van der Waals surface area contributed by atoms with Gasteiger partial charge < -0.3 is 9.15 Å². The predicted molar refractivity (Wildman–Crippen MR) is 106 cm³/mol. The molecule has 0 aliphatic heterocycles. The number of carbonyl (C=O) groups is 1. The van der Waals surface area contributed by atoms with Gasteiger partial charge in [0.2, 0.25) is 0 Å². The van der Waals surface area contributed by atoms with Gasteiger partial charge in [-0.15, -0.1) is 0 Å². The quantitative estimate of drug-likeness (QED) is 0.394. The molecule has 26 heavy (non-hydrogen) atoms. The van der Waals surface area contributed by atoms with Crippen molar-refractivity contribution in [2.75, 3.05) is 0 Å². The van der Waals surface area contributed by atoms with E-state index >= 15 is 0 Å². The maximum absolute atomic E-state index is 11.9. The number of furan rings is 1. The molecule has 1 amide bonds. The Hall–Kier alpha value is -2.38. The number of nitrogens with zero attached hydrogens (tertiary/aromatic N) is 1. The van der Waals surface area contributed by atoms with Crippen LogP contribution < -0.4 is 10.2 Å². The van der Waals surface area contributed by atoms with E-state index in [1.807, 2.05) is 42.5 Å². The zero-order valence-corrected chi connectivity index (χ0v) is 16.7. The molecule has 0 atom stereocenters. The van der Waals surface area contributed by atoms with Gasteiger partial charge >= 0.3 is 5.91 Å². The van der Waals surface area contributed by atoms with E-state index in [1.54, 1.807) is 12.1 Å². The van der Waals surface area contributed by atoms with Crippen LogP contribution in [0, 0.1) is 0 Å². The van der Waals surface area contributed by atoms with Gasteiger partial charge in [-0.2, -0.15) is 5.10 Å². The van der Waals surface area contributed by atoms with Gasteiger partial charge in [0.05, 0.1) is 17.0 Å². The van der Waals surface area contributed by atoms with Crippen molar-refractivity contribution in [2.24, 2.45) is 5.10 Å². The van der Waals surface area contributed by atoms with Gasteiger partial charge in [0.1, 0.15) is 12.4 Å². The molecule has 0 aliphatic carbocycles. The van der Waals surface area contributed by atoms with Crippen LogP contribution in [0.4, 0.5) is 0 Å². The normalized spacial score (nSPS) is 10.8. The van der Waals surface area contributed by atoms with E-state index in [1.165, 1.54) is 12.5 Å². The molecule has 0 radical (unpaired) electrons. The van der Waals surface area contributed by atoms with E-state index in [-0.39, 0.29) is 5.76 Å². The molecular formula is C19H14Br2N2O3. The van der Waals surface area contributed by atoms with Gasteiger partial charge in [0.15, 0.2) is 5.76 Å². The number of amides is 1. The number of rotatable bonds is 6. The molecule has 1 aromatic heterocycles. The van der Waals surface area contributed by atoms with Crippen LogP contribution in [0.5, 0.6) is 5.75 Å². The standard InChI is InChI=1S/C19H14Br2N2O3/c20-15-9-14(11-22-23-19(24)17-7-4-8-25-17)18(16(21)10-15)26-12-13-5-2-1-3-6-13/h1-11H,12H2,(H,23,24)/b22-11-. The molecule has 1 heterocycles. The molecule has 0 aliphatic rings. The van der Waals surface area contributed by atoms with Crippen molar-refractivity contribution < 1.29 is 13.9 Å². The number of ether oxygens (including phenoxy) is 1. The van der Waals surface area contributed by atoms with Crippen molar-refractivity contribution in [3.8, 4) is 5.75 Å². The molecule has 0 unspecified atom stereocenters. The SMILES string of the molecule is O=C(N/N=C\c1cc(Br)cc(Br)c1OCc1ccccc1)c1ccco1. The van der Waals surface area contributed by atoms with Crippen LogP contribution in [0.25, 0.3) is 0 Å². The Kier molecular flexibility index (Phi) is 6.25. The van der Waals surface area contributed by atoms with Crippen molar-refractivity contribution in [3.63, 3.8) is 0 Å². The maximum Gasteiger partial charge on any atom is 0.307 e. The van der Waals surface area contributed by atoms with Crippen LogP contribution in [-0.4, -0.2) is 12.1 Å². The second kappa shape index (κ2) is 8.82. The first-order chi connectivity index (χ1) is 12.6. The van der Waals surface area contributed by atoms with Gasteiger partial charge in [-0.1, -0.05) is 46.3 Å². The first kappa shape index (κ1) is 18.4. The van der Waals surface area contributed by atoms with Crippen molar-refractivity contribution in [1.82, 2.24) is 5.43 Å². The number of nitrogens with one attached hydrogen (secondary N) is 1. The largest absolute Gasteiger partial charge is 0.487 e. The van der Waals surface area contributed by atoms with Crippen LogP contribution in [0.2, 0.25) is 0 Å². The molecule has 0 saturated carbocycles. The van der Waals surface area contributed by atoms with Crippen LogP contribution in [0.1, 0.15) is 21.7 Å². The molecule has 1 N–H and O–H groups in total. The van der Waals surface area contributed by atoms with E-state index in [0.29, 0.717) is 17.9 Å². The van der Waals surface area contributed by atoms with E-state index < -0.39 is 5.91 Å². The molecule has 0 fully saturated rings. The summed E-state index contributed by atoms with van der Waals surface area (Å²) in [6.07, 6.45) is 2.95. The average Bonchev–Trinajstić information content (AvgIpc) is 3.16. The molecule has 0 spiro atoms.